The van der Waals surface area contributed by atoms with Gasteiger partial charge in [-0.25, -0.2) is 18.0 Å². The fourth-order valence-electron chi connectivity index (χ4n) is 4.77. The number of hydrogen-bond donors (Lipinski definition) is 2. The third kappa shape index (κ3) is 5.51. The average Bonchev–Trinajstić information content (AvgIpc) is 3.16. The van der Waals surface area contributed by atoms with Crippen molar-refractivity contribution < 1.29 is 37.3 Å². The van der Waals surface area contributed by atoms with Gasteiger partial charge in [-0.3, -0.25) is 0 Å². The molecule has 1 heterocycles. The maximum atomic E-state index is 15.4. The lowest BCUT2D eigenvalue weighted by Crippen LogP contribution is -2.47. The molecule has 39 heavy (non-hydrogen) atoms. The lowest BCUT2D eigenvalue weighted by Gasteiger charge is -2.34. The first kappa shape index (κ1) is 28.6. The van der Waals surface area contributed by atoms with E-state index in [0.29, 0.717) is 11.1 Å². The highest BCUT2D eigenvalue weighted by atomic mass is 35.5. The fourth-order valence-corrected chi connectivity index (χ4v) is 5.02. The summed E-state index contributed by atoms with van der Waals surface area (Å²) in [4.78, 5) is 12.6. The van der Waals surface area contributed by atoms with E-state index in [1.807, 2.05) is 0 Å². The molecule has 0 saturated heterocycles. The molecule has 1 aliphatic rings. The minimum Gasteiger partial charge on any atom is -0.490 e. The molecule has 4 rings (SSSR count). The van der Waals surface area contributed by atoms with Crippen LogP contribution in [0.15, 0.2) is 48.5 Å². The van der Waals surface area contributed by atoms with Gasteiger partial charge in [-0.1, -0.05) is 48.9 Å². The van der Waals surface area contributed by atoms with E-state index in [4.69, 9.17) is 25.8 Å². The zero-order valence-electron chi connectivity index (χ0n) is 21.9. The Bertz CT molecular complexity index is 1380. The Morgan fingerprint density at radius 2 is 1.79 bits per heavy atom. The summed E-state index contributed by atoms with van der Waals surface area (Å²) in [6.45, 7) is 6.24. The topological polar surface area (TPSA) is 77.0 Å². The summed E-state index contributed by atoms with van der Waals surface area (Å²) in [7, 11) is 0. The molecule has 208 valence electrons. The smallest absolute Gasteiger partial charge is 0.407 e. The SMILES string of the molecule is CC1c2c(cc(F)c(Cl)c2-c2c(OCCO)ccc(F)c2F)OC1(CNC(=O)OC(C)(C)C)c1ccccc1. The molecule has 2 unspecified atom stereocenters. The van der Waals surface area contributed by atoms with Gasteiger partial charge in [0.2, 0.25) is 0 Å². The molecular formula is C29H29ClF3NO5. The quantitative estimate of drug-likeness (QED) is 0.334. The number of nitrogens with one attached hydrogen (secondary N) is 1. The molecule has 0 spiro atoms. The number of carbonyl (C=O) groups is 1. The number of benzene rings is 3. The highest BCUT2D eigenvalue weighted by molar-refractivity contribution is 6.34. The van der Waals surface area contributed by atoms with Crippen molar-refractivity contribution >= 4 is 17.7 Å². The molecule has 0 aliphatic carbocycles. The van der Waals surface area contributed by atoms with Crippen LogP contribution in [0.25, 0.3) is 11.1 Å². The number of aliphatic hydroxyl groups is 1. The molecule has 2 N–H and O–H groups in total. The lowest BCUT2D eigenvalue weighted by molar-refractivity contribution is 0.0363. The van der Waals surface area contributed by atoms with E-state index >= 15 is 8.78 Å². The molecule has 0 radical (unpaired) electrons. The number of fused-ring (bicyclic) bond motifs is 1. The number of carbonyl (C=O) groups excluding carboxylic acids is 1. The van der Waals surface area contributed by atoms with Crippen molar-refractivity contribution in [2.24, 2.45) is 0 Å². The van der Waals surface area contributed by atoms with E-state index in [0.717, 1.165) is 12.1 Å². The van der Waals surface area contributed by atoms with Crippen LogP contribution < -0.4 is 14.8 Å². The molecule has 0 bridgehead atoms. The zero-order valence-corrected chi connectivity index (χ0v) is 22.7. The van der Waals surface area contributed by atoms with E-state index in [2.05, 4.69) is 5.32 Å². The normalized spacial score (nSPS) is 18.3. The first-order chi connectivity index (χ1) is 18.4. The predicted octanol–water partition coefficient (Wildman–Crippen LogP) is 6.71. The van der Waals surface area contributed by atoms with Crippen molar-refractivity contribution in [2.45, 2.75) is 44.8 Å². The molecule has 0 saturated carbocycles. The molecular weight excluding hydrogens is 535 g/mol. The van der Waals surface area contributed by atoms with Crippen LogP contribution in [0.3, 0.4) is 0 Å². The highest BCUT2D eigenvalue weighted by Gasteiger charge is 2.50. The van der Waals surface area contributed by atoms with Crippen LogP contribution in [0.2, 0.25) is 5.02 Å². The van der Waals surface area contributed by atoms with Gasteiger partial charge in [0.05, 0.1) is 23.7 Å². The van der Waals surface area contributed by atoms with Gasteiger partial charge < -0.3 is 24.6 Å². The second-order valence-electron chi connectivity index (χ2n) is 10.2. The van der Waals surface area contributed by atoms with Gasteiger partial charge in [0, 0.05) is 23.1 Å². The Labute approximate surface area is 229 Å². The predicted molar refractivity (Wildman–Crippen MR) is 141 cm³/mol. The first-order valence-corrected chi connectivity index (χ1v) is 12.7. The van der Waals surface area contributed by atoms with Crippen LogP contribution in [0, 0.1) is 17.5 Å². The summed E-state index contributed by atoms with van der Waals surface area (Å²) >= 11 is 6.43. The molecule has 10 heteroatoms. The number of rotatable bonds is 7. The Balaban J connectivity index is 1.90. The molecule has 2 atom stereocenters. The van der Waals surface area contributed by atoms with Gasteiger partial charge in [-0.05, 0) is 38.5 Å². The monoisotopic (exact) mass is 563 g/mol. The van der Waals surface area contributed by atoms with Crippen molar-refractivity contribution in [2.75, 3.05) is 19.8 Å². The first-order valence-electron chi connectivity index (χ1n) is 12.3. The molecule has 3 aromatic rings. The van der Waals surface area contributed by atoms with Gasteiger partial charge in [0.1, 0.15) is 29.5 Å². The van der Waals surface area contributed by atoms with E-state index in [1.165, 1.54) is 6.07 Å². The molecule has 3 aromatic carbocycles. The van der Waals surface area contributed by atoms with Crippen molar-refractivity contribution in [3.63, 3.8) is 0 Å². The zero-order chi connectivity index (χ0) is 28.5. The van der Waals surface area contributed by atoms with Crippen LogP contribution in [-0.4, -0.2) is 36.6 Å². The van der Waals surface area contributed by atoms with Crippen LogP contribution in [0.1, 0.15) is 44.7 Å². The summed E-state index contributed by atoms with van der Waals surface area (Å²) in [5.74, 6) is -4.15. The van der Waals surface area contributed by atoms with Crippen molar-refractivity contribution in [3.05, 3.63) is 82.1 Å². The van der Waals surface area contributed by atoms with Crippen LogP contribution in [-0.2, 0) is 10.3 Å². The standard InChI is InChI=1S/C29H29ClF3NO5/c1-16-22-21(38-29(16,17-8-6-5-7-9-17)15-34-27(36)39-28(2,3)4)14-19(32)25(30)24(22)23-20(37-13-12-35)11-10-18(31)26(23)33/h5-11,14,16,35H,12-13,15H2,1-4H3,(H,34,36). The van der Waals surface area contributed by atoms with E-state index < -0.39 is 51.3 Å². The summed E-state index contributed by atoms with van der Waals surface area (Å²) in [6, 6.07) is 12.1. The van der Waals surface area contributed by atoms with Crippen molar-refractivity contribution in [1.82, 2.24) is 5.32 Å². The molecule has 6 nitrogen and oxygen atoms in total. The van der Waals surface area contributed by atoms with Gasteiger partial charge in [0.25, 0.3) is 0 Å². The Kier molecular flexibility index (Phi) is 8.04. The molecule has 0 aromatic heterocycles. The number of ether oxygens (including phenoxy) is 3. The third-order valence-corrected chi connectivity index (χ3v) is 6.83. The number of halogens is 4. The molecule has 1 aliphatic heterocycles. The summed E-state index contributed by atoms with van der Waals surface area (Å²) in [5.41, 5.74) is -1.64. The number of aliphatic hydroxyl groups excluding tert-OH is 1. The van der Waals surface area contributed by atoms with Gasteiger partial charge in [-0.2, -0.15) is 0 Å². The Hall–Kier alpha value is -3.43. The minimum absolute atomic E-state index is 0.0472. The number of hydrogen-bond acceptors (Lipinski definition) is 5. The second kappa shape index (κ2) is 11.0. The fraction of sp³-hybridized carbons (Fsp3) is 0.345. The molecule has 0 fully saturated rings. The average molecular weight is 564 g/mol. The second-order valence-corrected chi connectivity index (χ2v) is 10.6. The maximum absolute atomic E-state index is 15.4. The highest BCUT2D eigenvalue weighted by Crippen LogP contribution is 2.56. The molecule has 1 amide bonds. The summed E-state index contributed by atoms with van der Waals surface area (Å²) in [5, 5.41) is 11.5. The van der Waals surface area contributed by atoms with Crippen molar-refractivity contribution in [1.29, 1.82) is 0 Å². The third-order valence-electron chi connectivity index (χ3n) is 6.46. The lowest BCUT2D eigenvalue weighted by atomic mass is 9.77. The van der Waals surface area contributed by atoms with Crippen LogP contribution in [0.4, 0.5) is 18.0 Å². The van der Waals surface area contributed by atoms with Crippen LogP contribution in [0.5, 0.6) is 11.5 Å². The van der Waals surface area contributed by atoms with E-state index in [1.54, 1.807) is 58.0 Å². The number of alkyl carbamates (subject to hydrolysis) is 1. The minimum atomic E-state index is -1.29. The maximum Gasteiger partial charge on any atom is 0.407 e. The summed E-state index contributed by atoms with van der Waals surface area (Å²) in [6.07, 6.45) is -0.690. The number of amides is 1. The Morgan fingerprint density at radius 3 is 2.44 bits per heavy atom. The largest absolute Gasteiger partial charge is 0.490 e. The van der Waals surface area contributed by atoms with Crippen molar-refractivity contribution in [3.8, 4) is 22.6 Å². The summed E-state index contributed by atoms with van der Waals surface area (Å²) < 4.78 is 62.4. The van der Waals surface area contributed by atoms with E-state index in [9.17, 15) is 14.3 Å². The van der Waals surface area contributed by atoms with Gasteiger partial charge >= 0.3 is 6.09 Å². The van der Waals surface area contributed by atoms with Gasteiger partial charge in [0.15, 0.2) is 17.2 Å². The van der Waals surface area contributed by atoms with E-state index in [-0.39, 0.29) is 36.8 Å². The van der Waals surface area contributed by atoms with Crippen LogP contribution >= 0.6 is 11.6 Å². The van der Waals surface area contributed by atoms with Gasteiger partial charge in [-0.15, -0.1) is 0 Å². The Morgan fingerprint density at radius 1 is 1.10 bits per heavy atom.